The summed E-state index contributed by atoms with van der Waals surface area (Å²) >= 11 is 0. The lowest BCUT2D eigenvalue weighted by Gasteiger charge is -2.02. The number of carbonyl (C=O) groups is 2. The van der Waals surface area contributed by atoms with Gasteiger partial charge in [0.15, 0.2) is 0 Å². The third kappa shape index (κ3) is 2.62. The molecule has 1 aromatic heterocycles. The molecule has 1 aliphatic rings. The number of hydrogen-bond acceptors (Lipinski definition) is 3. The van der Waals surface area contributed by atoms with Crippen molar-refractivity contribution in [2.45, 2.75) is 27.7 Å². The minimum Gasteiger partial charge on any atom is -0.462 e. The Bertz CT molecular complexity index is 875. The Morgan fingerprint density at radius 1 is 1.25 bits per heavy atom. The number of carbonyl (C=O) groups excluding carboxylic acids is 2. The molecule has 0 radical (unpaired) electrons. The second-order valence-corrected chi connectivity index (χ2v) is 5.95. The number of benzene rings is 1. The Labute approximate surface area is 140 Å². The van der Waals surface area contributed by atoms with Crippen LogP contribution in [0.2, 0.25) is 0 Å². The summed E-state index contributed by atoms with van der Waals surface area (Å²) in [6.07, 6.45) is 1.80. The molecule has 2 heterocycles. The van der Waals surface area contributed by atoms with Gasteiger partial charge in [-0.1, -0.05) is 11.6 Å². The number of rotatable bonds is 3. The summed E-state index contributed by atoms with van der Waals surface area (Å²) in [5, 5.41) is 2.87. The van der Waals surface area contributed by atoms with Gasteiger partial charge in [0.1, 0.15) is 0 Å². The summed E-state index contributed by atoms with van der Waals surface area (Å²) in [7, 11) is 0. The number of H-pyrrole nitrogens is 1. The van der Waals surface area contributed by atoms with E-state index in [0.29, 0.717) is 17.7 Å². The third-order valence-corrected chi connectivity index (χ3v) is 4.20. The summed E-state index contributed by atoms with van der Waals surface area (Å²) in [5.41, 5.74) is 6.17. The van der Waals surface area contributed by atoms with E-state index in [1.807, 2.05) is 39.0 Å². The highest BCUT2D eigenvalue weighted by Gasteiger charge is 2.25. The van der Waals surface area contributed by atoms with Crippen LogP contribution in [0.3, 0.4) is 0 Å². The molecule has 5 nitrogen and oxygen atoms in total. The third-order valence-electron chi connectivity index (χ3n) is 4.20. The van der Waals surface area contributed by atoms with E-state index < -0.39 is 0 Å². The van der Waals surface area contributed by atoms with Crippen molar-refractivity contribution < 1.29 is 14.3 Å². The number of ether oxygens (including phenoxy) is 1. The lowest BCUT2D eigenvalue weighted by Crippen LogP contribution is -2.06. The Kier molecular flexibility index (Phi) is 4.01. The van der Waals surface area contributed by atoms with Crippen molar-refractivity contribution in [3.05, 3.63) is 51.8 Å². The molecule has 1 aromatic carbocycles. The molecule has 1 aliphatic heterocycles. The number of aromatic nitrogens is 1. The SMILES string of the molecule is CCOC(=O)c1c(C)[nH]c(/C=C2\C(=O)Nc3ccc(C)cc32)c1C. The maximum absolute atomic E-state index is 12.3. The lowest BCUT2D eigenvalue weighted by atomic mass is 10.0. The number of hydrogen-bond donors (Lipinski definition) is 2. The van der Waals surface area contributed by atoms with Crippen LogP contribution >= 0.6 is 0 Å². The highest BCUT2D eigenvalue weighted by molar-refractivity contribution is 6.35. The highest BCUT2D eigenvalue weighted by Crippen LogP contribution is 2.34. The van der Waals surface area contributed by atoms with Gasteiger partial charge in [-0.15, -0.1) is 0 Å². The second-order valence-electron chi connectivity index (χ2n) is 5.95. The van der Waals surface area contributed by atoms with Crippen LogP contribution in [0.15, 0.2) is 18.2 Å². The number of anilines is 1. The van der Waals surface area contributed by atoms with E-state index in [0.717, 1.165) is 33.8 Å². The summed E-state index contributed by atoms with van der Waals surface area (Å²) in [6, 6.07) is 5.85. The summed E-state index contributed by atoms with van der Waals surface area (Å²) in [6.45, 7) is 7.78. The number of fused-ring (bicyclic) bond motifs is 1. The van der Waals surface area contributed by atoms with Gasteiger partial charge < -0.3 is 15.0 Å². The average molecular weight is 324 g/mol. The summed E-state index contributed by atoms with van der Waals surface area (Å²) < 4.78 is 5.11. The fourth-order valence-corrected chi connectivity index (χ4v) is 3.02. The van der Waals surface area contributed by atoms with Gasteiger partial charge in [-0.05, 0) is 51.5 Å². The van der Waals surface area contributed by atoms with Gasteiger partial charge in [0.2, 0.25) is 0 Å². The summed E-state index contributed by atoms with van der Waals surface area (Å²) in [4.78, 5) is 27.6. The molecule has 0 saturated heterocycles. The molecule has 3 rings (SSSR count). The molecule has 0 fully saturated rings. The van der Waals surface area contributed by atoms with Gasteiger partial charge in [0.05, 0.1) is 17.7 Å². The van der Waals surface area contributed by atoms with Gasteiger partial charge in [-0.25, -0.2) is 4.79 Å². The zero-order valence-corrected chi connectivity index (χ0v) is 14.2. The van der Waals surface area contributed by atoms with E-state index in [-0.39, 0.29) is 11.9 Å². The maximum atomic E-state index is 12.3. The van der Waals surface area contributed by atoms with E-state index in [9.17, 15) is 9.59 Å². The van der Waals surface area contributed by atoms with Crippen molar-refractivity contribution in [1.29, 1.82) is 0 Å². The average Bonchev–Trinajstić information content (AvgIpc) is 2.97. The fraction of sp³-hybridized carbons (Fsp3) is 0.263. The molecule has 0 bridgehead atoms. The minimum atomic E-state index is -0.347. The molecule has 2 N–H and O–H groups in total. The topological polar surface area (TPSA) is 71.2 Å². The highest BCUT2D eigenvalue weighted by atomic mass is 16.5. The quantitative estimate of drug-likeness (QED) is 0.669. The Hall–Kier alpha value is -2.82. The Morgan fingerprint density at radius 2 is 2.00 bits per heavy atom. The molecule has 0 atom stereocenters. The van der Waals surface area contributed by atoms with E-state index in [2.05, 4.69) is 10.3 Å². The van der Waals surface area contributed by atoms with Crippen LogP contribution in [-0.2, 0) is 9.53 Å². The molecule has 0 unspecified atom stereocenters. The van der Waals surface area contributed by atoms with Crippen LogP contribution in [0.5, 0.6) is 0 Å². The standard InChI is InChI=1S/C19H20N2O3/c1-5-24-19(23)17-11(3)16(20-12(17)4)9-14-13-8-10(2)6-7-15(13)21-18(14)22/h6-9,20H,5H2,1-4H3,(H,21,22)/b14-9-. The van der Waals surface area contributed by atoms with Crippen molar-refractivity contribution in [3.63, 3.8) is 0 Å². The number of esters is 1. The molecule has 1 amide bonds. The molecule has 0 saturated carbocycles. The lowest BCUT2D eigenvalue weighted by molar-refractivity contribution is -0.110. The first-order valence-electron chi connectivity index (χ1n) is 7.92. The van der Waals surface area contributed by atoms with Crippen LogP contribution in [0.25, 0.3) is 11.6 Å². The molecule has 0 spiro atoms. The van der Waals surface area contributed by atoms with Crippen LogP contribution in [-0.4, -0.2) is 23.5 Å². The van der Waals surface area contributed by atoms with E-state index >= 15 is 0 Å². The Morgan fingerprint density at radius 3 is 2.71 bits per heavy atom. The molecule has 0 aliphatic carbocycles. The van der Waals surface area contributed by atoms with Crippen LogP contribution in [0, 0.1) is 20.8 Å². The van der Waals surface area contributed by atoms with Crippen LogP contribution in [0.4, 0.5) is 5.69 Å². The molecule has 2 aromatic rings. The molecule has 5 heteroatoms. The number of amides is 1. The van der Waals surface area contributed by atoms with Crippen molar-refractivity contribution >= 4 is 29.2 Å². The van der Waals surface area contributed by atoms with Gasteiger partial charge in [0, 0.05) is 22.6 Å². The first kappa shape index (κ1) is 16.1. The summed E-state index contributed by atoms with van der Waals surface area (Å²) in [5.74, 6) is -0.486. The predicted molar refractivity (Wildman–Crippen MR) is 93.9 cm³/mol. The monoisotopic (exact) mass is 324 g/mol. The zero-order chi connectivity index (χ0) is 17.4. The predicted octanol–water partition coefficient (Wildman–Crippen LogP) is 3.61. The normalized spacial score (nSPS) is 14.7. The number of aryl methyl sites for hydroxylation is 2. The zero-order valence-electron chi connectivity index (χ0n) is 14.2. The van der Waals surface area contributed by atoms with E-state index in [1.54, 1.807) is 13.0 Å². The smallest absolute Gasteiger partial charge is 0.340 e. The first-order valence-corrected chi connectivity index (χ1v) is 7.92. The molecule has 24 heavy (non-hydrogen) atoms. The molecule has 124 valence electrons. The maximum Gasteiger partial charge on any atom is 0.340 e. The van der Waals surface area contributed by atoms with Crippen molar-refractivity contribution in [3.8, 4) is 0 Å². The van der Waals surface area contributed by atoms with Crippen molar-refractivity contribution in [2.75, 3.05) is 11.9 Å². The fourth-order valence-electron chi connectivity index (χ4n) is 3.02. The van der Waals surface area contributed by atoms with Gasteiger partial charge >= 0.3 is 5.97 Å². The molecular formula is C19H20N2O3. The van der Waals surface area contributed by atoms with Gasteiger partial charge in [-0.3, -0.25) is 4.79 Å². The van der Waals surface area contributed by atoms with E-state index in [4.69, 9.17) is 4.74 Å². The van der Waals surface area contributed by atoms with E-state index in [1.165, 1.54) is 0 Å². The molecular weight excluding hydrogens is 304 g/mol. The van der Waals surface area contributed by atoms with Crippen molar-refractivity contribution in [2.24, 2.45) is 0 Å². The number of aromatic amines is 1. The van der Waals surface area contributed by atoms with Gasteiger partial charge in [0.25, 0.3) is 5.91 Å². The number of nitrogens with one attached hydrogen (secondary N) is 2. The minimum absolute atomic E-state index is 0.139. The van der Waals surface area contributed by atoms with Crippen molar-refractivity contribution in [1.82, 2.24) is 4.98 Å². The second kappa shape index (κ2) is 6.00. The first-order chi connectivity index (χ1) is 11.4. The largest absolute Gasteiger partial charge is 0.462 e. The Balaban J connectivity index is 2.08. The van der Waals surface area contributed by atoms with Gasteiger partial charge in [-0.2, -0.15) is 0 Å². The van der Waals surface area contributed by atoms with Crippen LogP contribution < -0.4 is 5.32 Å². The van der Waals surface area contributed by atoms with Crippen LogP contribution in [0.1, 0.15) is 45.4 Å².